The number of amides is 1. The van der Waals surface area contributed by atoms with Crippen LogP contribution in [0.15, 0.2) is 42.5 Å². The van der Waals surface area contributed by atoms with Crippen LogP contribution in [0.5, 0.6) is 17.2 Å². The summed E-state index contributed by atoms with van der Waals surface area (Å²) in [7, 11) is 1.40. The zero-order chi connectivity index (χ0) is 25.3. The van der Waals surface area contributed by atoms with E-state index in [9.17, 15) is 24.5 Å². The third-order valence-corrected chi connectivity index (χ3v) is 4.64. The highest BCUT2D eigenvalue weighted by Crippen LogP contribution is 2.37. The summed E-state index contributed by atoms with van der Waals surface area (Å²) >= 11 is 0. The molecular weight excluding hydrogens is 448 g/mol. The van der Waals surface area contributed by atoms with Gasteiger partial charge >= 0.3 is 11.9 Å². The quantitative estimate of drug-likeness (QED) is 0.225. The molecule has 0 atom stereocenters. The number of ether oxygens (including phenoxy) is 4. The van der Waals surface area contributed by atoms with Gasteiger partial charge in [0.05, 0.1) is 25.2 Å². The minimum absolute atomic E-state index is 0.0379. The smallest absolute Gasteiger partial charge is 0.344 e. The van der Waals surface area contributed by atoms with Crippen LogP contribution in [0, 0.1) is 10.1 Å². The molecule has 0 bridgehead atoms. The number of rotatable bonds is 11. The van der Waals surface area contributed by atoms with Crippen molar-refractivity contribution in [3.63, 3.8) is 0 Å². The van der Waals surface area contributed by atoms with Gasteiger partial charge in [-0.2, -0.15) is 0 Å². The maximum atomic E-state index is 13.0. The largest absolute Gasteiger partial charge is 0.493 e. The Bertz CT molecular complexity index is 1030. The summed E-state index contributed by atoms with van der Waals surface area (Å²) < 4.78 is 21.5. The summed E-state index contributed by atoms with van der Waals surface area (Å²) in [4.78, 5) is 48.3. The third kappa shape index (κ3) is 6.00. The van der Waals surface area contributed by atoms with E-state index < -0.39 is 28.3 Å². The van der Waals surface area contributed by atoms with Gasteiger partial charge in [0.2, 0.25) is 11.4 Å². The van der Waals surface area contributed by atoms with E-state index in [0.717, 1.165) is 6.92 Å². The highest BCUT2D eigenvalue weighted by molar-refractivity contribution is 6.08. The van der Waals surface area contributed by atoms with Crippen molar-refractivity contribution in [2.45, 2.75) is 32.7 Å². The van der Waals surface area contributed by atoms with Crippen molar-refractivity contribution in [1.82, 2.24) is 5.32 Å². The van der Waals surface area contributed by atoms with Crippen LogP contribution in [-0.4, -0.2) is 48.6 Å². The van der Waals surface area contributed by atoms with Gasteiger partial charge in [0.1, 0.15) is 5.75 Å². The van der Waals surface area contributed by atoms with E-state index in [1.807, 2.05) is 0 Å². The van der Waals surface area contributed by atoms with Gasteiger partial charge in [0.15, 0.2) is 11.5 Å². The molecule has 11 heteroatoms. The number of hydrogen-bond acceptors (Lipinski definition) is 9. The van der Waals surface area contributed by atoms with Crippen molar-refractivity contribution < 1.29 is 38.3 Å². The number of carbonyl (C=O) groups is 3. The average Bonchev–Trinajstić information content (AvgIpc) is 2.79. The lowest BCUT2D eigenvalue weighted by molar-refractivity contribution is -0.384. The molecule has 0 radical (unpaired) electrons. The first kappa shape index (κ1) is 26.1. The van der Waals surface area contributed by atoms with Crippen molar-refractivity contribution in [2.75, 3.05) is 20.3 Å². The molecule has 1 N–H and O–H groups in total. The monoisotopic (exact) mass is 474 g/mol. The van der Waals surface area contributed by atoms with Crippen LogP contribution < -0.4 is 14.8 Å². The van der Waals surface area contributed by atoms with E-state index in [0.29, 0.717) is 5.56 Å². The summed E-state index contributed by atoms with van der Waals surface area (Å²) in [5.74, 6) is -1.99. The zero-order valence-corrected chi connectivity index (χ0v) is 19.3. The number of hydrogen-bond donors (Lipinski definition) is 1. The highest BCUT2D eigenvalue weighted by Gasteiger charge is 2.50. The Morgan fingerprint density at radius 1 is 1.00 bits per heavy atom. The number of methoxy groups -OCH3 is 1. The predicted molar refractivity (Wildman–Crippen MR) is 120 cm³/mol. The fraction of sp³-hybridized carbons (Fsp3) is 0.348. The number of benzene rings is 2. The summed E-state index contributed by atoms with van der Waals surface area (Å²) in [6.07, 6.45) is -0.371. The standard InChI is InChI=1S/C23H26N2O9/c1-5-32-21(27)23(24-15(3)26,22(28)33-6-2)14-16-8-7-9-19(31-4)20(16)34-18-12-10-17(11-13-18)25(29)30/h7-13H,5-6,14H2,1-4H3,(H,24,26). The first-order valence-electron chi connectivity index (χ1n) is 10.4. The maximum absolute atomic E-state index is 13.0. The lowest BCUT2D eigenvalue weighted by Crippen LogP contribution is -2.62. The van der Waals surface area contributed by atoms with E-state index in [4.69, 9.17) is 18.9 Å². The molecule has 0 unspecified atom stereocenters. The molecule has 2 aromatic rings. The Balaban J connectivity index is 2.59. The molecular formula is C23H26N2O9. The van der Waals surface area contributed by atoms with Crippen molar-refractivity contribution in [3.05, 3.63) is 58.1 Å². The molecule has 2 aromatic carbocycles. The first-order chi connectivity index (χ1) is 16.2. The number of para-hydroxylation sites is 1. The van der Waals surface area contributed by atoms with Crippen LogP contribution in [0.25, 0.3) is 0 Å². The number of nitro benzene ring substituents is 1. The minimum atomic E-state index is -2.18. The van der Waals surface area contributed by atoms with Gasteiger partial charge in [-0.15, -0.1) is 0 Å². The van der Waals surface area contributed by atoms with Crippen molar-refractivity contribution >= 4 is 23.5 Å². The van der Waals surface area contributed by atoms with E-state index in [2.05, 4.69) is 5.32 Å². The summed E-state index contributed by atoms with van der Waals surface area (Å²) in [6.45, 7) is 4.22. The number of esters is 2. The molecule has 2 rings (SSSR count). The summed E-state index contributed by atoms with van der Waals surface area (Å²) in [5, 5.41) is 13.3. The molecule has 182 valence electrons. The fourth-order valence-corrected chi connectivity index (χ4v) is 3.20. The number of non-ortho nitro benzene ring substituents is 1. The topological polar surface area (TPSA) is 143 Å². The van der Waals surface area contributed by atoms with Crippen LogP contribution in [0.2, 0.25) is 0 Å². The zero-order valence-electron chi connectivity index (χ0n) is 19.3. The molecule has 0 saturated heterocycles. The van der Waals surface area contributed by atoms with Gasteiger partial charge in [-0.25, -0.2) is 9.59 Å². The van der Waals surface area contributed by atoms with E-state index in [1.165, 1.54) is 31.4 Å². The molecule has 0 aromatic heterocycles. The molecule has 11 nitrogen and oxygen atoms in total. The Morgan fingerprint density at radius 2 is 1.59 bits per heavy atom. The second kappa shape index (κ2) is 11.6. The summed E-state index contributed by atoms with van der Waals surface area (Å²) in [6, 6.07) is 10.1. The van der Waals surface area contributed by atoms with Gasteiger partial charge < -0.3 is 24.3 Å². The number of nitrogens with zero attached hydrogens (tertiary/aromatic N) is 1. The highest BCUT2D eigenvalue weighted by atomic mass is 16.6. The molecule has 0 fully saturated rings. The minimum Gasteiger partial charge on any atom is -0.493 e. The Kier molecular flexibility index (Phi) is 8.94. The third-order valence-electron chi connectivity index (χ3n) is 4.64. The number of nitro groups is 1. The molecule has 0 aliphatic rings. The fourth-order valence-electron chi connectivity index (χ4n) is 3.20. The van der Waals surface area contributed by atoms with E-state index >= 15 is 0 Å². The second-order valence-corrected chi connectivity index (χ2v) is 7.01. The Morgan fingerprint density at radius 3 is 2.06 bits per heavy atom. The van der Waals surface area contributed by atoms with E-state index in [-0.39, 0.29) is 42.6 Å². The maximum Gasteiger partial charge on any atom is 0.344 e. The van der Waals surface area contributed by atoms with Crippen LogP contribution in [0.3, 0.4) is 0 Å². The number of carbonyl (C=O) groups excluding carboxylic acids is 3. The summed E-state index contributed by atoms with van der Waals surface area (Å²) in [5.41, 5.74) is -1.99. The van der Waals surface area contributed by atoms with Gasteiger partial charge in [0.25, 0.3) is 5.69 Å². The lowest BCUT2D eigenvalue weighted by atomic mass is 9.89. The van der Waals surface area contributed by atoms with E-state index in [1.54, 1.807) is 32.0 Å². The van der Waals surface area contributed by atoms with Crippen LogP contribution in [-0.2, 0) is 30.3 Å². The van der Waals surface area contributed by atoms with Crippen molar-refractivity contribution in [1.29, 1.82) is 0 Å². The molecule has 0 spiro atoms. The molecule has 0 aliphatic carbocycles. The van der Waals surface area contributed by atoms with Gasteiger partial charge in [-0.05, 0) is 32.0 Å². The van der Waals surface area contributed by atoms with Crippen molar-refractivity contribution in [2.24, 2.45) is 0 Å². The molecule has 1 amide bonds. The molecule has 0 saturated carbocycles. The predicted octanol–water partition coefficient (Wildman–Crippen LogP) is 2.94. The number of nitrogens with one attached hydrogen (secondary N) is 1. The molecule has 34 heavy (non-hydrogen) atoms. The van der Waals surface area contributed by atoms with Crippen molar-refractivity contribution in [3.8, 4) is 17.2 Å². The van der Waals surface area contributed by atoms with Crippen LogP contribution in [0.1, 0.15) is 26.3 Å². The molecule has 0 heterocycles. The normalized spacial score (nSPS) is 10.7. The van der Waals surface area contributed by atoms with Gasteiger partial charge in [-0.1, -0.05) is 12.1 Å². The average molecular weight is 474 g/mol. The van der Waals surface area contributed by atoms with Crippen LogP contribution >= 0.6 is 0 Å². The molecule has 0 aliphatic heterocycles. The Hall–Kier alpha value is -4.15. The van der Waals surface area contributed by atoms with Crippen LogP contribution in [0.4, 0.5) is 5.69 Å². The first-order valence-corrected chi connectivity index (χ1v) is 10.4. The SMILES string of the molecule is CCOC(=O)C(Cc1cccc(OC)c1Oc1ccc([N+](=O)[O-])cc1)(NC(C)=O)C(=O)OCC. The van der Waals surface area contributed by atoms with Gasteiger partial charge in [-0.3, -0.25) is 14.9 Å². The second-order valence-electron chi connectivity index (χ2n) is 7.01. The Labute approximate surface area is 196 Å². The lowest BCUT2D eigenvalue weighted by Gasteiger charge is -2.30. The van der Waals surface area contributed by atoms with Gasteiger partial charge in [0, 0.05) is 31.0 Å².